The molecule has 1 unspecified atom stereocenters. The summed E-state index contributed by atoms with van der Waals surface area (Å²) in [7, 11) is 1.48. The average molecular weight is 466 g/mol. The predicted molar refractivity (Wildman–Crippen MR) is 115 cm³/mol. The van der Waals surface area contributed by atoms with Crippen LogP contribution in [0.1, 0.15) is 37.7 Å². The smallest absolute Gasteiger partial charge is 0.345 e. The molecule has 2 aliphatic rings. The molecule has 12 nitrogen and oxygen atoms in total. The molecule has 2 aliphatic heterocycles. The topological polar surface area (TPSA) is 171 Å². The molecule has 4 N–H and O–H groups in total. The number of aromatic amines is 1. The van der Waals surface area contributed by atoms with Gasteiger partial charge in [0.15, 0.2) is 16.7 Å². The summed E-state index contributed by atoms with van der Waals surface area (Å²) >= 11 is 0. The van der Waals surface area contributed by atoms with Crippen molar-refractivity contribution in [2.45, 2.75) is 19.0 Å². The fraction of sp³-hybridized carbons (Fsp3) is 0.227. The van der Waals surface area contributed by atoms with Crippen LogP contribution in [-0.4, -0.2) is 52.5 Å². The maximum Gasteiger partial charge on any atom is 0.345 e. The molecule has 2 aromatic heterocycles. The second kappa shape index (κ2) is 7.20. The van der Waals surface area contributed by atoms with Gasteiger partial charge in [-0.15, -0.1) is 0 Å². The number of furan rings is 1. The van der Waals surface area contributed by atoms with Gasteiger partial charge >= 0.3 is 12.0 Å². The van der Waals surface area contributed by atoms with Crippen molar-refractivity contribution in [3.05, 3.63) is 62.8 Å². The number of aryl methyl sites for hydroxylation is 1. The van der Waals surface area contributed by atoms with Crippen molar-refractivity contribution in [2.75, 3.05) is 13.7 Å². The van der Waals surface area contributed by atoms with E-state index in [0.717, 1.165) is 0 Å². The lowest BCUT2D eigenvalue weighted by Gasteiger charge is -2.29. The number of H-pyrrole nitrogens is 1. The number of carbonyl (C=O) groups excluding carboxylic acids is 3. The van der Waals surface area contributed by atoms with Gasteiger partial charge in [0.05, 0.1) is 13.7 Å². The molecule has 0 saturated carbocycles. The number of methoxy groups -OCH3 is 1. The molecule has 1 fully saturated rings. The van der Waals surface area contributed by atoms with Gasteiger partial charge in [0, 0.05) is 23.2 Å². The molecule has 174 valence electrons. The van der Waals surface area contributed by atoms with Crippen molar-refractivity contribution in [3.8, 4) is 5.75 Å². The van der Waals surface area contributed by atoms with Gasteiger partial charge in [0.1, 0.15) is 11.5 Å². The van der Waals surface area contributed by atoms with Crippen molar-refractivity contribution >= 4 is 34.8 Å². The number of benzene rings is 1. The maximum absolute atomic E-state index is 13.1. The number of pyridine rings is 1. The molecule has 34 heavy (non-hydrogen) atoms. The summed E-state index contributed by atoms with van der Waals surface area (Å²) in [4.78, 5) is 66.0. The van der Waals surface area contributed by atoms with Gasteiger partial charge in [-0.3, -0.25) is 19.7 Å². The Morgan fingerprint density at radius 1 is 1.24 bits per heavy atom. The minimum Gasteiger partial charge on any atom is -0.497 e. The van der Waals surface area contributed by atoms with Crippen molar-refractivity contribution in [3.63, 3.8) is 0 Å². The highest BCUT2D eigenvalue weighted by molar-refractivity contribution is 6.09. The largest absolute Gasteiger partial charge is 0.497 e. The molecule has 12 heteroatoms. The van der Waals surface area contributed by atoms with E-state index in [0.29, 0.717) is 22.6 Å². The van der Waals surface area contributed by atoms with Crippen LogP contribution in [0.3, 0.4) is 0 Å². The third kappa shape index (κ3) is 2.95. The number of amides is 4. The Kier molecular flexibility index (Phi) is 4.50. The third-order valence-corrected chi connectivity index (χ3v) is 6.09. The van der Waals surface area contributed by atoms with E-state index in [4.69, 9.17) is 9.15 Å². The van der Waals surface area contributed by atoms with Crippen LogP contribution in [0.15, 0.2) is 33.5 Å². The van der Waals surface area contributed by atoms with E-state index in [9.17, 15) is 29.1 Å². The zero-order valence-electron chi connectivity index (χ0n) is 18.0. The SMILES string of the molecule is COc1ccc2c(c1)C(=O)N(CC1(c3cc4c(C)[nH]c(=O)c(C(=O)O)c4o3)NC(=O)NC1=O)C2. The number of nitrogens with zero attached hydrogens (tertiary/aromatic N) is 1. The first kappa shape index (κ1) is 21.2. The summed E-state index contributed by atoms with van der Waals surface area (Å²) in [5, 5.41) is 14.4. The van der Waals surface area contributed by atoms with Crippen LogP contribution < -0.4 is 20.9 Å². The zero-order chi connectivity index (χ0) is 24.4. The zero-order valence-corrected chi connectivity index (χ0v) is 18.0. The number of hydrogen-bond donors (Lipinski definition) is 4. The van der Waals surface area contributed by atoms with Gasteiger partial charge < -0.3 is 29.5 Å². The van der Waals surface area contributed by atoms with E-state index in [1.807, 2.05) is 0 Å². The first-order valence-corrected chi connectivity index (χ1v) is 10.1. The number of hydrogen-bond acceptors (Lipinski definition) is 7. The van der Waals surface area contributed by atoms with Gasteiger partial charge in [-0.25, -0.2) is 9.59 Å². The second-order valence-corrected chi connectivity index (χ2v) is 8.11. The van der Waals surface area contributed by atoms with Crippen LogP contribution in [0.2, 0.25) is 0 Å². The van der Waals surface area contributed by atoms with Crippen LogP contribution in [0, 0.1) is 6.92 Å². The first-order chi connectivity index (χ1) is 16.1. The lowest BCUT2D eigenvalue weighted by atomic mass is 9.95. The summed E-state index contributed by atoms with van der Waals surface area (Å²) in [5.41, 5.74) is -2.16. The van der Waals surface area contributed by atoms with Crippen molar-refractivity contribution < 1.29 is 33.4 Å². The highest BCUT2D eigenvalue weighted by Gasteiger charge is 2.53. The monoisotopic (exact) mass is 466 g/mol. The number of ether oxygens (including phenoxy) is 1. The molecule has 0 bridgehead atoms. The Hall–Kier alpha value is -4.61. The average Bonchev–Trinajstić information content (AvgIpc) is 3.43. The number of fused-ring (bicyclic) bond motifs is 2. The summed E-state index contributed by atoms with van der Waals surface area (Å²) in [6.45, 7) is 1.42. The van der Waals surface area contributed by atoms with E-state index in [-0.39, 0.29) is 35.7 Å². The summed E-state index contributed by atoms with van der Waals surface area (Å²) in [6.07, 6.45) is 0. The number of rotatable bonds is 5. The van der Waals surface area contributed by atoms with Gasteiger partial charge in [-0.2, -0.15) is 0 Å². The summed E-state index contributed by atoms with van der Waals surface area (Å²) in [6, 6.07) is 5.62. The van der Waals surface area contributed by atoms with Gasteiger partial charge in [0.2, 0.25) is 0 Å². The van der Waals surface area contributed by atoms with Gasteiger partial charge in [-0.1, -0.05) is 6.07 Å². The van der Waals surface area contributed by atoms with Crippen molar-refractivity contribution in [1.29, 1.82) is 0 Å². The van der Waals surface area contributed by atoms with E-state index < -0.39 is 34.6 Å². The highest BCUT2D eigenvalue weighted by atomic mass is 16.5. The lowest BCUT2D eigenvalue weighted by Crippen LogP contribution is -2.52. The van der Waals surface area contributed by atoms with Crippen molar-refractivity contribution in [1.82, 2.24) is 20.5 Å². The fourth-order valence-corrected chi connectivity index (χ4v) is 4.40. The molecule has 1 aromatic carbocycles. The van der Waals surface area contributed by atoms with Crippen LogP contribution in [0.4, 0.5) is 4.79 Å². The number of carbonyl (C=O) groups is 4. The Labute approximate surface area is 190 Å². The number of imide groups is 1. The molecule has 4 amide bonds. The fourth-order valence-electron chi connectivity index (χ4n) is 4.40. The molecule has 0 aliphatic carbocycles. The lowest BCUT2D eigenvalue weighted by molar-refractivity contribution is -0.125. The number of aromatic carboxylic acids is 1. The Morgan fingerprint density at radius 2 is 2.00 bits per heavy atom. The number of carboxylic acid groups (broad SMARTS) is 1. The van der Waals surface area contributed by atoms with E-state index in [1.54, 1.807) is 25.1 Å². The molecule has 0 spiro atoms. The van der Waals surface area contributed by atoms with Crippen molar-refractivity contribution in [2.24, 2.45) is 0 Å². The summed E-state index contributed by atoms with van der Waals surface area (Å²) < 4.78 is 10.9. The van der Waals surface area contributed by atoms with Crippen LogP contribution in [0.5, 0.6) is 5.75 Å². The second-order valence-electron chi connectivity index (χ2n) is 8.11. The standard InChI is InChI=1S/C22H18N4O8/c1-9-12-6-14(34-16(12)15(19(29)30)17(27)23-9)22(20(31)24-21(32)25-22)8-26-7-10-3-4-11(33-2)5-13(10)18(26)28/h3-6H,7-8H2,1-2H3,(H,23,27)(H,29,30)(H2,24,25,31,32). The van der Waals surface area contributed by atoms with E-state index in [1.165, 1.54) is 18.1 Å². The Morgan fingerprint density at radius 3 is 2.65 bits per heavy atom. The third-order valence-electron chi connectivity index (χ3n) is 6.09. The highest BCUT2D eigenvalue weighted by Crippen LogP contribution is 2.35. The van der Waals surface area contributed by atoms with Gasteiger partial charge in [-0.05, 0) is 30.7 Å². The molecular formula is C22H18N4O8. The van der Waals surface area contributed by atoms with E-state index >= 15 is 0 Å². The molecule has 1 atom stereocenters. The predicted octanol–water partition coefficient (Wildman–Crippen LogP) is 0.827. The number of urea groups is 1. The quantitative estimate of drug-likeness (QED) is 0.400. The molecule has 4 heterocycles. The molecule has 5 rings (SSSR count). The molecule has 3 aromatic rings. The van der Waals surface area contributed by atoms with Crippen LogP contribution >= 0.6 is 0 Å². The molecule has 0 radical (unpaired) electrons. The first-order valence-electron chi connectivity index (χ1n) is 10.1. The van der Waals surface area contributed by atoms with Gasteiger partial charge in [0.25, 0.3) is 17.4 Å². The van der Waals surface area contributed by atoms with E-state index in [2.05, 4.69) is 15.6 Å². The van der Waals surface area contributed by atoms with Crippen LogP contribution in [0.25, 0.3) is 11.0 Å². The minimum absolute atomic E-state index is 0.114. The number of nitrogens with one attached hydrogen (secondary N) is 3. The van der Waals surface area contributed by atoms with Crippen LogP contribution in [-0.2, 0) is 16.9 Å². The maximum atomic E-state index is 13.1. The normalized spacial score (nSPS) is 19.4. The molecule has 1 saturated heterocycles. The minimum atomic E-state index is -1.84. The summed E-state index contributed by atoms with van der Waals surface area (Å²) in [5.74, 6) is -2.29. The Bertz CT molecular complexity index is 1490. The Balaban J connectivity index is 1.62. The molecular weight excluding hydrogens is 448 g/mol. The number of carboxylic acids is 1. The number of aromatic nitrogens is 1.